The monoisotopic (exact) mass is 274 g/mol. The lowest BCUT2D eigenvalue weighted by Gasteiger charge is -2.11. The van der Waals surface area contributed by atoms with E-state index in [1.165, 1.54) is 12.1 Å². The van der Waals surface area contributed by atoms with Crippen LogP contribution in [-0.2, 0) is 4.79 Å². The standard InChI is InChI=1S/C15H15FN2O2/c1-10-12(17)6-4-7-13(10)18-15(19)9-20-14-8-3-2-5-11(14)16/h2-8H,9,17H2,1H3,(H,18,19). The maximum absolute atomic E-state index is 13.3. The summed E-state index contributed by atoms with van der Waals surface area (Å²) in [4.78, 5) is 11.8. The van der Waals surface area contributed by atoms with Crippen LogP contribution >= 0.6 is 0 Å². The van der Waals surface area contributed by atoms with E-state index in [1.54, 1.807) is 30.3 Å². The van der Waals surface area contributed by atoms with E-state index in [0.717, 1.165) is 5.56 Å². The SMILES string of the molecule is Cc1c(N)cccc1NC(=O)COc1ccccc1F. The second kappa shape index (κ2) is 6.06. The number of halogens is 1. The zero-order valence-corrected chi connectivity index (χ0v) is 11.0. The molecular formula is C15H15FN2O2. The van der Waals surface area contributed by atoms with Gasteiger partial charge >= 0.3 is 0 Å². The predicted octanol–water partition coefficient (Wildman–Crippen LogP) is 2.73. The molecule has 0 aliphatic carbocycles. The molecule has 0 aliphatic heterocycles. The first-order valence-electron chi connectivity index (χ1n) is 6.10. The molecule has 2 aromatic rings. The summed E-state index contributed by atoms with van der Waals surface area (Å²) in [5.74, 6) is -0.825. The molecule has 20 heavy (non-hydrogen) atoms. The van der Waals surface area contributed by atoms with E-state index < -0.39 is 5.82 Å². The number of anilines is 2. The zero-order chi connectivity index (χ0) is 14.5. The molecule has 0 aliphatic rings. The molecular weight excluding hydrogens is 259 g/mol. The molecule has 4 nitrogen and oxygen atoms in total. The van der Waals surface area contributed by atoms with Crippen LogP contribution in [-0.4, -0.2) is 12.5 Å². The summed E-state index contributed by atoms with van der Waals surface area (Å²) in [7, 11) is 0. The summed E-state index contributed by atoms with van der Waals surface area (Å²) in [6, 6.07) is 11.2. The predicted molar refractivity (Wildman–Crippen MR) is 76.1 cm³/mol. The maximum Gasteiger partial charge on any atom is 0.262 e. The molecule has 104 valence electrons. The highest BCUT2D eigenvalue weighted by Crippen LogP contribution is 2.20. The summed E-state index contributed by atoms with van der Waals surface area (Å²) in [6.45, 7) is 1.54. The fraction of sp³-hybridized carbons (Fsp3) is 0.133. The van der Waals surface area contributed by atoms with E-state index in [0.29, 0.717) is 11.4 Å². The number of nitrogen functional groups attached to an aromatic ring is 1. The summed E-state index contributed by atoms with van der Waals surface area (Å²) in [5, 5.41) is 2.67. The molecule has 0 aromatic heterocycles. The van der Waals surface area contributed by atoms with E-state index >= 15 is 0 Å². The lowest BCUT2D eigenvalue weighted by atomic mass is 10.1. The second-order valence-corrected chi connectivity index (χ2v) is 4.29. The van der Waals surface area contributed by atoms with Crippen molar-refractivity contribution in [1.82, 2.24) is 0 Å². The van der Waals surface area contributed by atoms with Crippen molar-refractivity contribution in [2.75, 3.05) is 17.7 Å². The number of hydrogen-bond donors (Lipinski definition) is 2. The maximum atomic E-state index is 13.3. The van der Waals surface area contributed by atoms with Gasteiger partial charge in [-0.1, -0.05) is 18.2 Å². The van der Waals surface area contributed by atoms with Crippen LogP contribution in [0.25, 0.3) is 0 Å². The van der Waals surface area contributed by atoms with Gasteiger partial charge in [-0.15, -0.1) is 0 Å². The zero-order valence-electron chi connectivity index (χ0n) is 11.0. The molecule has 0 radical (unpaired) electrons. The largest absolute Gasteiger partial charge is 0.481 e. The smallest absolute Gasteiger partial charge is 0.262 e. The molecule has 0 unspecified atom stereocenters. The number of carbonyl (C=O) groups excluding carboxylic acids is 1. The van der Waals surface area contributed by atoms with Gasteiger partial charge in [-0.25, -0.2) is 4.39 Å². The highest BCUT2D eigenvalue weighted by atomic mass is 19.1. The molecule has 0 atom stereocenters. The van der Waals surface area contributed by atoms with E-state index in [9.17, 15) is 9.18 Å². The van der Waals surface area contributed by atoms with Gasteiger partial charge in [-0.2, -0.15) is 0 Å². The first kappa shape index (κ1) is 13.9. The van der Waals surface area contributed by atoms with Crippen molar-refractivity contribution in [2.24, 2.45) is 0 Å². The van der Waals surface area contributed by atoms with Crippen LogP contribution in [0.1, 0.15) is 5.56 Å². The average Bonchev–Trinajstić information content (AvgIpc) is 2.43. The fourth-order valence-corrected chi connectivity index (χ4v) is 1.68. The minimum Gasteiger partial charge on any atom is -0.481 e. The third-order valence-corrected chi connectivity index (χ3v) is 2.85. The number of para-hydroxylation sites is 1. The van der Waals surface area contributed by atoms with Gasteiger partial charge in [0.1, 0.15) is 0 Å². The quantitative estimate of drug-likeness (QED) is 0.842. The molecule has 0 saturated heterocycles. The Morgan fingerprint density at radius 2 is 2.00 bits per heavy atom. The van der Waals surface area contributed by atoms with Crippen molar-refractivity contribution in [2.45, 2.75) is 6.92 Å². The number of amides is 1. The van der Waals surface area contributed by atoms with Gasteiger partial charge in [0.15, 0.2) is 18.2 Å². The molecule has 5 heteroatoms. The molecule has 2 rings (SSSR count). The van der Waals surface area contributed by atoms with Crippen molar-refractivity contribution in [1.29, 1.82) is 0 Å². The Morgan fingerprint density at radius 3 is 2.75 bits per heavy atom. The van der Waals surface area contributed by atoms with Gasteiger partial charge in [-0.3, -0.25) is 4.79 Å². The lowest BCUT2D eigenvalue weighted by Crippen LogP contribution is -2.21. The number of benzene rings is 2. The van der Waals surface area contributed by atoms with E-state index in [4.69, 9.17) is 10.5 Å². The number of ether oxygens (including phenoxy) is 1. The van der Waals surface area contributed by atoms with Crippen molar-refractivity contribution >= 4 is 17.3 Å². The van der Waals surface area contributed by atoms with Gasteiger partial charge in [-0.05, 0) is 36.8 Å². The minimum atomic E-state index is -0.500. The molecule has 0 spiro atoms. The molecule has 0 saturated carbocycles. The normalized spacial score (nSPS) is 10.1. The summed E-state index contributed by atoms with van der Waals surface area (Å²) in [5.41, 5.74) is 7.75. The Labute approximate surface area is 116 Å². The van der Waals surface area contributed by atoms with Crippen LogP contribution in [0.5, 0.6) is 5.75 Å². The van der Waals surface area contributed by atoms with Gasteiger partial charge < -0.3 is 15.8 Å². The lowest BCUT2D eigenvalue weighted by molar-refractivity contribution is -0.118. The third-order valence-electron chi connectivity index (χ3n) is 2.85. The number of nitrogens with two attached hydrogens (primary N) is 1. The third kappa shape index (κ3) is 3.26. The fourth-order valence-electron chi connectivity index (χ4n) is 1.68. The Bertz CT molecular complexity index is 629. The molecule has 1 amide bonds. The van der Waals surface area contributed by atoms with Crippen LogP contribution in [0.2, 0.25) is 0 Å². The molecule has 3 N–H and O–H groups in total. The highest BCUT2D eigenvalue weighted by Gasteiger charge is 2.08. The van der Waals surface area contributed by atoms with Gasteiger partial charge in [0.25, 0.3) is 5.91 Å². The number of hydrogen-bond acceptors (Lipinski definition) is 3. The van der Waals surface area contributed by atoms with E-state index in [1.807, 2.05) is 6.92 Å². The highest BCUT2D eigenvalue weighted by molar-refractivity contribution is 5.93. The van der Waals surface area contributed by atoms with Crippen LogP contribution in [0.15, 0.2) is 42.5 Å². The van der Waals surface area contributed by atoms with Gasteiger partial charge in [0.05, 0.1) is 0 Å². The van der Waals surface area contributed by atoms with E-state index in [-0.39, 0.29) is 18.3 Å². The summed E-state index contributed by atoms with van der Waals surface area (Å²) >= 11 is 0. The van der Waals surface area contributed by atoms with Crippen LogP contribution in [0, 0.1) is 12.7 Å². The van der Waals surface area contributed by atoms with Gasteiger partial charge in [0.2, 0.25) is 0 Å². The van der Waals surface area contributed by atoms with Crippen molar-refractivity contribution in [3.63, 3.8) is 0 Å². The van der Waals surface area contributed by atoms with Crippen molar-refractivity contribution < 1.29 is 13.9 Å². The van der Waals surface area contributed by atoms with Crippen LogP contribution in [0.4, 0.5) is 15.8 Å². The Morgan fingerprint density at radius 1 is 1.25 bits per heavy atom. The van der Waals surface area contributed by atoms with Crippen LogP contribution in [0.3, 0.4) is 0 Å². The molecule has 0 heterocycles. The first-order valence-corrected chi connectivity index (χ1v) is 6.10. The Kier molecular flexibility index (Phi) is 4.20. The van der Waals surface area contributed by atoms with Crippen molar-refractivity contribution in [3.05, 3.63) is 53.8 Å². The molecule has 0 fully saturated rings. The molecule has 2 aromatic carbocycles. The Hall–Kier alpha value is -2.56. The number of carbonyl (C=O) groups is 1. The molecule has 0 bridgehead atoms. The summed E-state index contributed by atoms with van der Waals surface area (Å²) in [6.07, 6.45) is 0. The van der Waals surface area contributed by atoms with Gasteiger partial charge in [0, 0.05) is 11.4 Å². The van der Waals surface area contributed by atoms with Crippen molar-refractivity contribution in [3.8, 4) is 5.75 Å². The van der Waals surface area contributed by atoms with E-state index in [2.05, 4.69) is 5.32 Å². The average molecular weight is 274 g/mol. The summed E-state index contributed by atoms with van der Waals surface area (Å²) < 4.78 is 18.4. The first-order chi connectivity index (χ1) is 9.58. The number of rotatable bonds is 4. The Balaban J connectivity index is 1.96. The minimum absolute atomic E-state index is 0.0481. The van der Waals surface area contributed by atoms with Crippen LogP contribution < -0.4 is 15.8 Å². The second-order valence-electron chi connectivity index (χ2n) is 4.29. The number of nitrogens with one attached hydrogen (secondary N) is 1. The topological polar surface area (TPSA) is 64.3 Å².